The average Bonchev–Trinajstić information content (AvgIpc) is 1.60. The number of halogens is 1. The quantitative estimate of drug-likeness (QED) is 0.428. The average molecular weight is 162 g/mol. The van der Waals surface area contributed by atoms with Gasteiger partial charge in [-0.2, -0.15) is 0 Å². The molecule has 3 heteroatoms. The minimum atomic E-state index is -0.498. The van der Waals surface area contributed by atoms with Gasteiger partial charge in [0.25, 0.3) is 0 Å². The minimum absolute atomic E-state index is 0.277. The van der Waals surface area contributed by atoms with E-state index in [0.29, 0.717) is 0 Å². The molecular weight excluding hydrogens is 150 g/mol. The van der Waals surface area contributed by atoms with Crippen LogP contribution in [-0.2, 0) is 0 Å². The monoisotopic (exact) mass is 161 g/mol. The smallest absolute Gasteiger partial charge is 0.301 e. The van der Waals surface area contributed by atoms with E-state index in [9.17, 15) is 4.79 Å². The molecule has 0 N–H and O–H groups in total. The van der Waals surface area contributed by atoms with Gasteiger partial charge in [-0.3, -0.25) is 4.79 Å². The maximum atomic E-state index is 10.6. The van der Waals surface area contributed by atoms with Crippen LogP contribution >= 0.6 is 11.6 Å². The summed E-state index contributed by atoms with van der Waals surface area (Å²) >= 11 is 5.24. The summed E-state index contributed by atoms with van der Waals surface area (Å²) in [5.74, 6) is 0. The van der Waals surface area contributed by atoms with Crippen LogP contribution in [0.3, 0.4) is 0 Å². The lowest BCUT2D eigenvalue weighted by Gasteiger charge is -2.29. The van der Waals surface area contributed by atoms with Crippen molar-refractivity contribution in [2.24, 2.45) is 0 Å². The van der Waals surface area contributed by atoms with Crippen LogP contribution in [0.15, 0.2) is 12.8 Å². The van der Waals surface area contributed by atoms with Crippen LogP contribution < -0.4 is 0 Å². The topological polar surface area (TPSA) is 20.3 Å². The molecule has 0 spiro atoms. The summed E-state index contributed by atoms with van der Waals surface area (Å²) in [6.07, 6.45) is 1.43. The van der Waals surface area contributed by atoms with E-state index in [4.69, 9.17) is 11.6 Å². The Labute approximate surface area is 66.5 Å². The van der Waals surface area contributed by atoms with Crippen molar-refractivity contribution in [2.45, 2.75) is 26.3 Å². The Bertz CT molecular complexity index is 148. The molecule has 0 bridgehead atoms. The van der Waals surface area contributed by atoms with Gasteiger partial charge in [0, 0.05) is 11.7 Å². The second kappa shape index (κ2) is 3.06. The summed E-state index contributed by atoms with van der Waals surface area (Å²) in [5.41, 5.74) is -0.277. The van der Waals surface area contributed by atoms with Crippen LogP contribution in [0.5, 0.6) is 0 Å². The molecule has 0 aliphatic carbocycles. The van der Waals surface area contributed by atoms with Gasteiger partial charge in [-0.1, -0.05) is 6.58 Å². The van der Waals surface area contributed by atoms with Gasteiger partial charge in [0.2, 0.25) is 0 Å². The van der Waals surface area contributed by atoms with Gasteiger partial charge < -0.3 is 4.90 Å². The number of carbonyl (C=O) groups excluding carboxylic acids is 1. The first-order valence-corrected chi connectivity index (χ1v) is 3.38. The molecule has 0 saturated carbocycles. The van der Waals surface area contributed by atoms with Crippen molar-refractivity contribution in [1.82, 2.24) is 4.90 Å². The normalized spacial score (nSPS) is 10.8. The van der Waals surface area contributed by atoms with Crippen LogP contribution in [0, 0.1) is 0 Å². The number of carbonyl (C=O) groups is 1. The van der Waals surface area contributed by atoms with E-state index in [1.807, 2.05) is 20.8 Å². The molecule has 0 rings (SSSR count). The lowest BCUT2D eigenvalue weighted by molar-refractivity contribution is 0.202. The van der Waals surface area contributed by atoms with E-state index < -0.39 is 5.37 Å². The van der Waals surface area contributed by atoms with E-state index in [0.717, 1.165) is 0 Å². The predicted molar refractivity (Wildman–Crippen MR) is 43.0 cm³/mol. The Hall–Kier alpha value is -0.500. The van der Waals surface area contributed by atoms with Gasteiger partial charge in [0.05, 0.1) is 0 Å². The molecule has 0 unspecified atom stereocenters. The third-order valence-electron chi connectivity index (χ3n) is 1.09. The van der Waals surface area contributed by atoms with Gasteiger partial charge in [-0.15, -0.1) is 0 Å². The van der Waals surface area contributed by atoms with Crippen molar-refractivity contribution in [3.05, 3.63) is 12.8 Å². The van der Waals surface area contributed by atoms with Crippen molar-refractivity contribution in [3.63, 3.8) is 0 Å². The molecule has 0 aliphatic rings. The Morgan fingerprint density at radius 1 is 1.60 bits per heavy atom. The highest BCUT2D eigenvalue weighted by molar-refractivity contribution is 6.63. The molecule has 10 heavy (non-hydrogen) atoms. The molecule has 0 aliphatic heterocycles. The largest absolute Gasteiger partial charge is 0.320 e. The number of rotatable bonds is 1. The van der Waals surface area contributed by atoms with Gasteiger partial charge >= 0.3 is 5.37 Å². The molecule has 0 saturated heterocycles. The number of amides is 1. The SMILES string of the molecule is C=CN(C(=O)Cl)C(C)(C)C. The summed E-state index contributed by atoms with van der Waals surface area (Å²) in [4.78, 5) is 12.0. The Balaban J connectivity index is 4.36. The van der Waals surface area contributed by atoms with Gasteiger partial charge in [-0.25, -0.2) is 0 Å². The lowest BCUT2D eigenvalue weighted by atomic mass is 10.1. The molecule has 0 aromatic rings. The Morgan fingerprint density at radius 3 is 2.00 bits per heavy atom. The van der Waals surface area contributed by atoms with Crippen molar-refractivity contribution in [1.29, 1.82) is 0 Å². The highest BCUT2D eigenvalue weighted by atomic mass is 35.5. The zero-order chi connectivity index (χ0) is 8.36. The zero-order valence-corrected chi connectivity index (χ0v) is 7.27. The first-order chi connectivity index (χ1) is 4.39. The highest BCUT2D eigenvalue weighted by Gasteiger charge is 2.21. The van der Waals surface area contributed by atoms with Crippen LogP contribution in [0.4, 0.5) is 4.79 Å². The maximum absolute atomic E-state index is 10.6. The molecule has 0 radical (unpaired) electrons. The zero-order valence-electron chi connectivity index (χ0n) is 6.52. The fraction of sp³-hybridized carbons (Fsp3) is 0.571. The van der Waals surface area contributed by atoms with Gasteiger partial charge in [0.1, 0.15) is 0 Å². The predicted octanol–water partition coefficient (Wildman–Crippen LogP) is 2.59. The third-order valence-corrected chi connectivity index (χ3v) is 1.28. The van der Waals surface area contributed by atoms with Crippen molar-refractivity contribution < 1.29 is 4.79 Å². The summed E-state index contributed by atoms with van der Waals surface area (Å²) < 4.78 is 0. The van der Waals surface area contributed by atoms with Gasteiger partial charge in [-0.05, 0) is 32.4 Å². The van der Waals surface area contributed by atoms with Crippen LogP contribution in [0.2, 0.25) is 0 Å². The Kier molecular flexibility index (Phi) is 2.91. The van der Waals surface area contributed by atoms with E-state index in [1.165, 1.54) is 11.1 Å². The molecule has 2 nitrogen and oxygen atoms in total. The Morgan fingerprint density at radius 2 is 2.00 bits per heavy atom. The summed E-state index contributed by atoms with van der Waals surface area (Å²) in [6, 6.07) is 0. The van der Waals surface area contributed by atoms with Crippen molar-refractivity contribution in [2.75, 3.05) is 0 Å². The number of hydrogen-bond donors (Lipinski definition) is 0. The van der Waals surface area contributed by atoms with E-state index >= 15 is 0 Å². The summed E-state index contributed by atoms with van der Waals surface area (Å²) in [7, 11) is 0. The molecular formula is C7H12ClNO. The summed E-state index contributed by atoms with van der Waals surface area (Å²) in [6.45, 7) is 9.12. The first-order valence-electron chi connectivity index (χ1n) is 3.01. The second-order valence-corrected chi connectivity index (χ2v) is 3.30. The minimum Gasteiger partial charge on any atom is -0.301 e. The molecule has 0 fully saturated rings. The lowest BCUT2D eigenvalue weighted by Crippen LogP contribution is -2.38. The van der Waals surface area contributed by atoms with Crippen LogP contribution in [0.1, 0.15) is 20.8 Å². The second-order valence-electron chi connectivity index (χ2n) is 2.98. The first kappa shape index (κ1) is 9.50. The maximum Gasteiger partial charge on any atom is 0.320 e. The molecule has 0 atom stereocenters. The highest BCUT2D eigenvalue weighted by Crippen LogP contribution is 2.15. The van der Waals surface area contributed by atoms with E-state index in [1.54, 1.807) is 0 Å². The van der Waals surface area contributed by atoms with Crippen molar-refractivity contribution in [3.8, 4) is 0 Å². The molecule has 0 aromatic carbocycles. The standard InChI is InChI=1S/C7H12ClNO/c1-5-9(6(8)10)7(2,3)4/h5H,1H2,2-4H3. The molecule has 0 aromatic heterocycles. The summed E-state index contributed by atoms with van der Waals surface area (Å²) in [5, 5.41) is -0.498. The molecule has 0 heterocycles. The van der Waals surface area contributed by atoms with Crippen molar-refractivity contribution >= 4 is 17.0 Å². The number of hydrogen-bond acceptors (Lipinski definition) is 1. The fourth-order valence-electron chi connectivity index (χ4n) is 0.609. The van der Waals surface area contributed by atoms with E-state index in [-0.39, 0.29) is 5.54 Å². The van der Waals surface area contributed by atoms with Gasteiger partial charge in [0.15, 0.2) is 0 Å². The van der Waals surface area contributed by atoms with Crippen LogP contribution in [0.25, 0.3) is 0 Å². The third kappa shape index (κ3) is 2.40. The molecule has 1 amide bonds. The number of nitrogens with zero attached hydrogens (tertiary/aromatic N) is 1. The van der Waals surface area contributed by atoms with Crippen LogP contribution in [-0.4, -0.2) is 15.8 Å². The molecule has 58 valence electrons. The fourth-order valence-corrected chi connectivity index (χ4v) is 0.932. The van der Waals surface area contributed by atoms with E-state index in [2.05, 4.69) is 6.58 Å².